The third kappa shape index (κ3) is 4.57. The number of ether oxygens (including phenoxy) is 1. The van der Waals surface area contributed by atoms with Crippen LogP contribution in [-0.2, 0) is 14.8 Å². The second-order valence-electron chi connectivity index (χ2n) is 5.88. The van der Waals surface area contributed by atoms with Gasteiger partial charge >= 0.3 is 0 Å². The van der Waals surface area contributed by atoms with Crippen molar-refractivity contribution in [3.05, 3.63) is 54.1 Å². The fraction of sp³-hybridized carbons (Fsp3) is 0.278. The van der Waals surface area contributed by atoms with Gasteiger partial charge in [-0.3, -0.25) is 9.52 Å². The summed E-state index contributed by atoms with van der Waals surface area (Å²) in [6, 6.07) is 13.5. The van der Waals surface area contributed by atoms with Gasteiger partial charge < -0.3 is 9.64 Å². The van der Waals surface area contributed by atoms with Crippen LogP contribution in [0.3, 0.4) is 0 Å². The van der Waals surface area contributed by atoms with Gasteiger partial charge in [-0.15, -0.1) is 0 Å². The Bertz CT molecular complexity index is 876. The summed E-state index contributed by atoms with van der Waals surface area (Å²) >= 11 is 1.02. The molecule has 1 aliphatic rings. The maximum absolute atomic E-state index is 12.6. The summed E-state index contributed by atoms with van der Waals surface area (Å²) in [5.41, 5.74) is 1.37. The number of anilines is 1. The lowest BCUT2D eigenvalue weighted by atomic mass is 10.2. The second-order valence-corrected chi connectivity index (χ2v) is 8.56. The topological polar surface area (TPSA) is 75.7 Å². The first-order valence-corrected chi connectivity index (χ1v) is 10.5. The van der Waals surface area contributed by atoms with Gasteiger partial charge in [-0.25, -0.2) is 8.42 Å². The molecule has 1 heterocycles. The molecule has 6 nitrogen and oxygen atoms in total. The Morgan fingerprint density at radius 3 is 2.42 bits per heavy atom. The van der Waals surface area contributed by atoms with E-state index in [-0.39, 0.29) is 10.1 Å². The fourth-order valence-corrected chi connectivity index (χ4v) is 4.49. The quantitative estimate of drug-likeness (QED) is 0.808. The minimum absolute atomic E-state index is 0.115. The molecule has 0 aromatic heterocycles. The van der Waals surface area contributed by atoms with Crippen molar-refractivity contribution in [2.45, 2.75) is 16.7 Å². The number of rotatable bonds is 4. The first-order valence-electron chi connectivity index (χ1n) is 8.19. The Morgan fingerprint density at radius 2 is 1.73 bits per heavy atom. The number of sulfonamides is 1. The van der Waals surface area contributed by atoms with Crippen LogP contribution in [0.5, 0.6) is 0 Å². The number of thioether (sulfide) groups is 1. The first kappa shape index (κ1) is 18.8. The molecule has 3 rings (SSSR count). The van der Waals surface area contributed by atoms with Crippen LogP contribution < -0.4 is 4.72 Å². The zero-order valence-electron chi connectivity index (χ0n) is 14.3. The summed E-state index contributed by atoms with van der Waals surface area (Å²) in [6.07, 6.45) is 0. The Hall–Kier alpha value is -2.03. The van der Waals surface area contributed by atoms with Gasteiger partial charge in [0, 0.05) is 18.0 Å². The minimum Gasteiger partial charge on any atom is -0.378 e. The molecular weight excluding hydrogens is 372 g/mol. The molecule has 1 aliphatic heterocycles. The largest absolute Gasteiger partial charge is 0.378 e. The van der Waals surface area contributed by atoms with Gasteiger partial charge in [0.1, 0.15) is 0 Å². The van der Waals surface area contributed by atoms with E-state index in [0.717, 1.165) is 17.3 Å². The smallest absolute Gasteiger partial charge is 0.286 e. The van der Waals surface area contributed by atoms with E-state index >= 15 is 0 Å². The number of hydrogen-bond acceptors (Lipinski definition) is 5. The summed E-state index contributed by atoms with van der Waals surface area (Å²) in [4.78, 5) is 14.9. The lowest BCUT2D eigenvalue weighted by molar-refractivity contribution is 0.0593. The molecule has 2 aromatic rings. The molecule has 0 bridgehead atoms. The van der Waals surface area contributed by atoms with Crippen LogP contribution >= 0.6 is 11.8 Å². The number of morpholine rings is 1. The Balaban J connectivity index is 1.78. The summed E-state index contributed by atoms with van der Waals surface area (Å²) < 4.78 is 33.1. The Morgan fingerprint density at radius 1 is 1.08 bits per heavy atom. The number of para-hydroxylation sites is 1. The maximum atomic E-state index is 12.6. The number of aryl methyl sites for hydroxylation is 1. The second kappa shape index (κ2) is 8.11. The highest BCUT2D eigenvalue weighted by molar-refractivity contribution is 8.13. The summed E-state index contributed by atoms with van der Waals surface area (Å²) in [5, 5.41) is -0.115. The molecule has 0 radical (unpaired) electrons. The lowest BCUT2D eigenvalue weighted by Crippen LogP contribution is -2.38. The molecule has 0 atom stereocenters. The molecule has 1 N–H and O–H groups in total. The van der Waals surface area contributed by atoms with E-state index in [1.165, 1.54) is 0 Å². The lowest BCUT2D eigenvalue weighted by Gasteiger charge is -2.26. The van der Waals surface area contributed by atoms with E-state index in [1.54, 1.807) is 53.4 Å². The van der Waals surface area contributed by atoms with Crippen LogP contribution in [0.25, 0.3) is 0 Å². The van der Waals surface area contributed by atoms with Crippen molar-refractivity contribution in [2.75, 3.05) is 31.0 Å². The highest BCUT2D eigenvalue weighted by Gasteiger charge is 2.21. The predicted octanol–water partition coefficient (Wildman–Crippen LogP) is 3.34. The molecule has 0 unspecified atom stereocenters. The number of carbonyl (C=O) groups is 1. The van der Waals surface area contributed by atoms with E-state index in [0.29, 0.717) is 36.9 Å². The molecule has 1 amide bonds. The standard InChI is InChI=1S/C18H20N2O4S2/c1-14-6-8-15(9-7-14)26(22,23)19-16-4-2-3-5-17(16)25-18(21)20-10-12-24-13-11-20/h2-9,19H,10-13H2,1H3. The molecule has 138 valence electrons. The molecule has 0 saturated carbocycles. The van der Waals surface area contributed by atoms with E-state index in [1.807, 2.05) is 6.92 Å². The van der Waals surface area contributed by atoms with Crippen molar-refractivity contribution in [3.8, 4) is 0 Å². The molecule has 1 saturated heterocycles. The Labute approximate surface area is 157 Å². The SMILES string of the molecule is Cc1ccc(S(=O)(=O)Nc2ccccc2SC(=O)N2CCOCC2)cc1. The van der Waals surface area contributed by atoms with E-state index in [4.69, 9.17) is 4.74 Å². The molecule has 8 heteroatoms. The van der Waals surface area contributed by atoms with E-state index < -0.39 is 10.0 Å². The van der Waals surface area contributed by atoms with Crippen molar-refractivity contribution in [2.24, 2.45) is 0 Å². The summed E-state index contributed by atoms with van der Waals surface area (Å²) in [6.45, 7) is 4.03. The maximum Gasteiger partial charge on any atom is 0.286 e. The molecule has 0 spiro atoms. The average Bonchev–Trinajstić information content (AvgIpc) is 2.64. The van der Waals surface area contributed by atoms with Crippen LogP contribution in [0, 0.1) is 6.92 Å². The van der Waals surface area contributed by atoms with E-state index in [9.17, 15) is 13.2 Å². The number of benzene rings is 2. The van der Waals surface area contributed by atoms with Crippen molar-refractivity contribution in [1.29, 1.82) is 0 Å². The highest BCUT2D eigenvalue weighted by Crippen LogP contribution is 2.31. The Kier molecular flexibility index (Phi) is 5.85. The van der Waals surface area contributed by atoms with Crippen LogP contribution in [-0.4, -0.2) is 44.9 Å². The molecule has 26 heavy (non-hydrogen) atoms. The molecule has 0 aliphatic carbocycles. The normalized spacial score (nSPS) is 14.9. The van der Waals surface area contributed by atoms with Gasteiger partial charge in [0.05, 0.1) is 23.8 Å². The monoisotopic (exact) mass is 392 g/mol. The zero-order valence-corrected chi connectivity index (χ0v) is 16.0. The highest BCUT2D eigenvalue weighted by atomic mass is 32.2. The van der Waals surface area contributed by atoms with Gasteiger partial charge in [0.2, 0.25) is 0 Å². The van der Waals surface area contributed by atoms with Crippen LogP contribution in [0.15, 0.2) is 58.3 Å². The number of nitrogens with zero attached hydrogens (tertiary/aromatic N) is 1. The molecule has 1 fully saturated rings. The van der Waals surface area contributed by atoms with Crippen molar-refractivity contribution < 1.29 is 17.9 Å². The van der Waals surface area contributed by atoms with Crippen molar-refractivity contribution >= 4 is 32.7 Å². The summed E-state index contributed by atoms with van der Waals surface area (Å²) in [7, 11) is -3.72. The van der Waals surface area contributed by atoms with E-state index in [2.05, 4.69) is 4.72 Å². The fourth-order valence-electron chi connectivity index (χ4n) is 2.47. The molecular formula is C18H20N2O4S2. The molecule has 2 aromatic carbocycles. The zero-order chi connectivity index (χ0) is 18.6. The third-order valence-electron chi connectivity index (χ3n) is 3.93. The van der Waals surface area contributed by atoms with Crippen LogP contribution in [0.4, 0.5) is 10.5 Å². The van der Waals surface area contributed by atoms with Gasteiger partial charge in [-0.1, -0.05) is 29.8 Å². The number of nitrogens with one attached hydrogen (secondary N) is 1. The van der Waals surface area contributed by atoms with Gasteiger partial charge in [0.25, 0.3) is 15.3 Å². The number of carbonyl (C=O) groups excluding carboxylic acids is 1. The van der Waals surface area contributed by atoms with Crippen LogP contribution in [0.1, 0.15) is 5.56 Å². The summed E-state index contributed by atoms with van der Waals surface area (Å²) in [5.74, 6) is 0. The third-order valence-corrected chi connectivity index (χ3v) is 6.32. The van der Waals surface area contributed by atoms with Crippen LogP contribution in [0.2, 0.25) is 0 Å². The van der Waals surface area contributed by atoms with Gasteiger partial charge in [-0.2, -0.15) is 0 Å². The minimum atomic E-state index is -3.72. The van der Waals surface area contributed by atoms with Gasteiger partial charge in [-0.05, 0) is 43.0 Å². The first-order chi connectivity index (χ1) is 12.5. The van der Waals surface area contributed by atoms with Crippen molar-refractivity contribution in [1.82, 2.24) is 4.90 Å². The number of amides is 1. The number of hydrogen-bond donors (Lipinski definition) is 1. The van der Waals surface area contributed by atoms with Gasteiger partial charge in [0.15, 0.2) is 0 Å². The van der Waals surface area contributed by atoms with Crippen molar-refractivity contribution in [3.63, 3.8) is 0 Å². The predicted molar refractivity (Wildman–Crippen MR) is 102 cm³/mol. The average molecular weight is 393 g/mol.